The SMILES string of the molecule is O=C(Cc1cc(-c2cccs2)on1)Nc1ccc(F)c(Cl)c1. The fraction of sp³-hybridized carbons (Fsp3) is 0.0667. The fourth-order valence-electron chi connectivity index (χ4n) is 1.87. The van der Waals surface area contributed by atoms with Gasteiger partial charge in [-0.05, 0) is 29.6 Å². The van der Waals surface area contributed by atoms with Gasteiger partial charge in [0.2, 0.25) is 5.91 Å². The molecule has 1 amide bonds. The van der Waals surface area contributed by atoms with Crippen LogP contribution in [0.1, 0.15) is 5.69 Å². The van der Waals surface area contributed by atoms with Crippen LogP contribution in [0.5, 0.6) is 0 Å². The molecular weight excluding hydrogens is 327 g/mol. The van der Waals surface area contributed by atoms with Crippen molar-refractivity contribution in [3.63, 3.8) is 0 Å². The molecule has 1 aromatic carbocycles. The Bertz CT molecular complexity index is 802. The molecule has 1 N–H and O–H groups in total. The van der Waals surface area contributed by atoms with Crippen LogP contribution >= 0.6 is 22.9 Å². The zero-order chi connectivity index (χ0) is 15.5. The average molecular weight is 337 g/mol. The Labute approximate surface area is 134 Å². The molecule has 112 valence electrons. The number of amides is 1. The lowest BCUT2D eigenvalue weighted by molar-refractivity contribution is -0.115. The van der Waals surface area contributed by atoms with Gasteiger partial charge >= 0.3 is 0 Å². The zero-order valence-corrected chi connectivity index (χ0v) is 12.7. The number of aromatic nitrogens is 1. The molecule has 0 atom stereocenters. The largest absolute Gasteiger partial charge is 0.355 e. The van der Waals surface area contributed by atoms with Gasteiger partial charge in [0, 0.05) is 11.8 Å². The Morgan fingerprint density at radius 1 is 1.36 bits per heavy atom. The van der Waals surface area contributed by atoms with Crippen LogP contribution in [0, 0.1) is 5.82 Å². The lowest BCUT2D eigenvalue weighted by Crippen LogP contribution is -2.14. The van der Waals surface area contributed by atoms with Crippen LogP contribution in [0.4, 0.5) is 10.1 Å². The first kappa shape index (κ1) is 14.7. The van der Waals surface area contributed by atoms with Gasteiger partial charge in [0.05, 0.1) is 22.0 Å². The molecule has 3 rings (SSSR count). The molecule has 0 spiro atoms. The Balaban J connectivity index is 1.65. The minimum absolute atomic E-state index is 0.0424. The summed E-state index contributed by atoms with van der Waals surface area (Å²) in [5.74, 6) is -0.187. The Hall–Kier alpha value is -2.18. The summed E-state index contributed by atoms with van der Waals surface area (Å²) in [7, 11) is 0. The molecule has 0 saturated carbocycles. The molecule has 0 radical (unpaired) electrons. The lowest BCUT2D eigenvalue weighted by atomic mass is 10.2. The Morgan fingerprint density at radius 3 is 2.95 bits per heavy atom. The van der Waals surface area contributed by atoms with Crippen LogP contribution in [-0.2, 0) is 11.2 Å². The van der Waals surface area contributed by atoms with E-state index in [9.17, 15) is 9.18 Å². The summed E-state index contributed by atoms with van der Waals surface area (Å²) in [5, 5.41) is 8.39. The van der Waals surface area contributed by atoms with Crippen molar-refractivity contribution in [2.75, 3.05) is 5.32 Å². The van der Waals surface area contributed by atoms with E-state index in [1.807, 2.05) is 17.5 Å². The number of hydrogen-bond acceptors (Lipinski definition) is 4. The molecule has 0 bridgehead atoms. The first-order valence-corrected chi connectivity index (χ1v) is 7.62. The predicted octanol–water partition coefficient (Wildman–Crippen LogP) is 4.38. The normalized spacial score (nSPS) is 10.6. The molecule has 4 nitrogen and oxygen atoms in total. The maximum absolute atomic E-state index is 13.1. The molecule has 0 fully saturated rings. The summed E-state index contributed by atoms with van der Waals surface area (Å²) in [6.07, 6.45) is 0.0594. The Kier molecular flexibility index (Phi) is 4.22. The summed E-state index contributed by atoms with van der Waals surface area (Å²) in [6, 6.07) is 9.54. The van der Waals surface area contributed by atoms with E-state index < -0.39 is 5.82 Å². The number of carbonyl (C=O) groups is 1. The first-order valence-electron chi connectivity index (χ1n) is 6.36. The third kappa shape index (κ3) is 3.35. The molecule has 0 aliphatic rings. The summed E-state index contributed by atoms with van der Waals surface area (Å²) >= 11 is 7.19. The second kappa shape index (κ2) is 6.29. The highest BCUT2D eigenvalue weighted by atomic mass is 35.5. The standard InChI is InChI=1S/C15H10ClFN2O2S/c16-11-6-9(3-4-12(11)17)18-15(20)8-10-7-13(21-19-10)14-2-1-5-22-14/h1-7H,8H2,(H,18,20). The third-order valence-electron chi connectivity index (χ3n) is 2.87. The van der Waals surface area contributed by atoms with Crippen molar-refractivity contribution in [1.29, 1.82) is 0 Å². The van der Waals surface area contributed by atoms with Gasteiger partial charge in [-0.15, -0.1) is 11.3 Å². The molecule has 2 aromatic heterocycles. The molecule has 3 aromatic rings. The van der Waals surface area contributed by atoms with E-state index in [0.717, 1.165) is 4.88 Å². The summed E-state index contributed by atoms with van der Waals surface area (Å²) in [4.78, 5) is 12.9. The smallest absolute Gasteiger partial charge is 0.230 e. The molecular formula is C15H10ClFN2O2S. The van der Waals surface area contributed by atoms with Crippen molar-refractivity contribution in [3.8, 4) is 10.6 Å². The van der Waals surface area contributed by atoms with E-state index in [1.54, 1.807) is 6.07 Å². The minimum Gasteiger partial charge on any atom is -0.355 e. The molecule has 7 heteroatoms. The van der Waals surface area contributed by atoms with E-state index in [-0.39, 0.29) is 17.4 Å². The number of rotatable bonds is 4. The maximum atomic E-state index is 13.1. The summed E-state index contributed by atoms with van der Waals surface area (Å²) in [5.41, 5.74) is 0.951. The number of nitrogens with zero attached hydrogens (tertiary/aromatic N) is 1. The monoisotopic (exact) mass is 336 g/mol. The quantitative estimate of drug-likeness (QED) is 0.769. The third-order valence-corrected chi connectivity index (χ3v) is 4.04. The first-order chi connectivity index (χ1) is 10.6. The van der Waals surface area contributed by atoms with Gasteiger partial charge in [-0.1, -0.05) is 22.8 Å². The fourth-order valence-corrected chi connectivity index (χ4v) is 2.73. The number of hydrogen-bond donors (Lipinski definition) is 1. The van der Waals surface area contributed by atoms with Crippen molar-refractivity contribution < 1.29 is 13.7 Å². The van der Waals surface area contributed by atoms with Crippen LogP contribution in [0.2, 0.25) is 5.02 Å². The number of benzene rings is 1. The highest BCUT2D eigenvalue weighted by Gasteiger charge is 2.12. The summed E-state index contributed by atoms with van der Waals surface area (Å²) in [6.45, 7) is 0. The van der Waals surface area contributed by atoms with Gasteiger partial charge in [0.15, 0.2) is 5.76 Å². The number of thiophene rings is 1. The highest BCUT2D eigenvalue weighted by Crippen LogP contribution is 2.25. The van der Waals surface area contributed by atoms with E-state index in [0.29, 0.717) is 17.1 Å². The maximum Gasteiger partial charge on any atom is 0.230 e. The van der Waals surface area contributed by atoms with Gasteiger partial charge in [-0.2, -0.15) is 0 Å². The van der Waals surface area contributed by atoms with E-state index >= 15 is 0 Å². The molecule has 22 heavy (non-hydrogen) atoms. The number of anilines is 1. The topological polar surface area (TPSA) is 55.1 Å². The molecule has 0 unspecified atom stereocenters. The van der Waals surface area contributed by atoms with Crippen LogP contribution < -0.4 is 5.32 Å². The van der Waals surface area contributed by atoms with Crippen LogP contribution in [0.15, 0.2) is 46.3 Å². The van der Waals surface area contributed by atoms with E-state index in [2.05, 4.69) is 10.5 Å². The van der Waals surface area contributed by atoms with Gasteiger partial charge < -0.3 is 9.84 Å². The van der Waals surface area contributed by atoms with Crippen LogP contribution in [0.25, 0.3) is 10.6 Å². The molecule has 0 aliphatic carbocycles. The van der Waals surface area contributed by atoms with Crippen molar-refractivity contribution >= 4 is 34.5 Å². The second-order valence-electron chi connectivity index (χ2n) is 4.51. The van der Waals surface area contributed by atoms with Crippen molar-refractivity contribution in [3.05, 3.63) is 58.3 Å². The number of nitrogens with one attached hydrogen (secondary N) is 1. The second-order valence-corrected chi connectivity index (χ2v) is 5.87. The number of carbonyl (C=O) groups excluding carboxylic acids is 1. The van der Waals surface area contributed by atoms with Crippen molar-refractivity contribution in [1.82, 2.24) is 5.16 Å². The van der Waals surface area contributed by atoms with Crippen molar-refractivity contribution in [2.45, 2.75) is 6.42 Å². The predicted molar refractivity (Wildman–Crippen MR) is 83.6 cm³/mol. The Morgan fingerprint density at radius 2 is 2.23 bits per heavy atom. The lowest BCUT2D eigenvalue weighted by Gasteiger charge is -2.04. The summed E-state index contributed by atoms with van der Waals surface area (Å²) < 4.78 is 18.3. The number of halogens is 2. The zero-order valence-electron chi connectivity index (χ0n) is 11.2. The van der Waals surface area contributed by atoms with Crippen LogP contribution in [-0.4, -0.2) is 11.1 Å². The van der Waals surface area contributed by atoms with Gasteiger partial charge in [0.1, 0.15) is 5.82 Å². The van der Waals surface area contributed by atoms with E-state index in [4.69, 9.17) is 16.1 Å². The van der Waals surface area contributed by atoms with Gasteiger partial charge in [0.25, 0.3) is 0 Å². The van der Waals surface area contributed by atoms with Gasteiger partial charge in [-0.3, -0.25) is 4.79 Å². The van der Waals surface area contributed by atoms with E-state index in [1.165, 1.54) is 29.5 Å². The molecule has 2 heterocycles. The highest BCUT2D eigenvalue weighted by molar-refractivity contribution is 7.13. The van der Waals surface area contributed by atoms with Gasteiger partial charge in [-0.25, -0.2) is 4.39 Å². The van der Waals surface area contributed by atoms with Crippen molar-refractivity contribution in [2.24, 2.45) is 0 Å². The molecule has 0 aliphatic heterocycles. The average Bonchev–Trinajstić information content (AvgIpc) is 3.13. The van der Waals surface area contributed by atoms with Crippen LogP contribution in [0.3, 0.4) is 0 Å². The minimum atomic E-state index is -0.531. The molecule has 0 saturated heterocycles.